The molecule has 134 valence electrons. The molecule has 1 amide bonds. The molecular formula is C16H22Cl2N2O3S. The maximum Gasteiger partial charge on any atom is 0.244 e. The molecule has 0 aliphatic carbocycles. The summed E-state index contributed by atoms with van der Waals surface area (Å²) in [5.41, 5.74) is 0. The maximum absolute atomic E-state index is 12.8. The van der Waals surface area contributed by atoms with Crippen LogP contribution in [0.4, 0.5) is 0 Å². The molecule has 0 aromatic heterocycles. The second-order valence-electron chi connectivity index (χ2n) is 5.92. The van der Waals surface area contributed by atoms with Gasteiger partial charge in [0.05, 0.1) is 10.9 Å². The first kappa shape index (κ1) is 19.5. The number of nitrogens with zero attached hydrogens (tertiary/aromatic N) is 1. The van der Waals surface area contributed by atoms with Gasteiger partial charge in [-0.2, -0.15) is 4.31 Å². The van der Waals surface area contributed by atoms with Crippen LogP contribution in [0.1, 0.15) is 32.6 Å². The van der Waals surface area contributed by atoms with Gasteiger partial charge in [0.15, 0.2) is 0 Å². The minimum absolute atomic E-state index is 0.0105. The van der Waals surface area contributed by atoms with Crippen LogP contribution in [0.25, 0.3) is 0 Å². The van der Waals surface area contributed by atoms with Gasteiger partial charge in [-0.05, 0) is 37.5 Å². The second-order valence-corrected chi connectivity index (χ2v) is 8.67. The number of rotatable bonds is 6. The van der Waals surface area contributed by atoms with Crippen LogP contribution in [0.15, 0.2) is 23.1 Å². The van der Waals surface area contributed by atoms with Gasteiger partial charge in [0.25, 0.3) is 0 Å². The number of carbonyl (C=O) groups excluding carboxylic acids is 1. The average molecular weight is 393 g/mol. The van der Waals surface area contributed by atoms with Crippen molar-refractivity contribution in [2.45, 2.75) is 37.5 Å². The van der Waals surface area contributed by atoms with E-state index in [1.165, 1.54) is 16.4 Å². The van der Waals surface area contributed by atoms with Crippen LogP contribution in [-0.2, 0) is 14.8 Å². The third-order valence-electron chi connectivity index (χ3n) is 4.10. The summed E-state index contributed by atoms with van der Waals surface area (Å²) >= 11 is 11.9. The maximum atomic E-state index is 12.8. The molecule has 1 heterocycles. The van der Waals surface area contributed by atoms with Gasteiger partial charge < -0.3 is 5.32 Å². The highest BCUT2D eigenvalue weighted by Gasteiger charge is 2.34. The summed E-state index contributed by atoms with van der Waals surface area (Å²) in [7, 11) is -3.77. The van der Waals surface area contributed by atoms with Gasteiger partial charge in [-0.25, -0.2) is 8.42 Å². The van der Waals surface area contributed by atoms with Crippen LogP contribution in [0, 0.1) is 5.92 Å². The molecule has 8 heteroatoms. The molecule has 0 radical (unpaired) electrons. The molecule has 1 saturated heterocycles. The molecule has 1 aromatic rings. The lowest BCUT2D eigenvalue weighted by Crippen LogP contribution is -2.45. The first-order valence-corrected chi connectivity index (χ1v) is 10.3. The van der Waals surface area contributed by atoms with Crippen molar-refractivity contribution < 1.29 is 13.2 Å². The topological polar surface area (TPSA) is 66.5 Å². The molecule has 0 bridgehead atoms. The minimum Gasteiger partial charge on any atom is -0.356 e. The lowest BCUT2D eigenvalue weighted by Gasteiger charge is -2.31. The fourth-order valence-electron chi connectivity index (χ4n) is 2.72. The molecule has 0 spiro atoms. The number of amides is 1. The number of carbonyl (C=O) groups is 1. The lowest BCUT2D eigenvalue weighted by atomic mass is 9.99. The average Bonchev–Trinajstić information content (AvgIpc) is 2.57. The van der Waals surface area contributed by atoms with Gasteiger partial charge in [0.2, 0.25) is 15.9 Å². The Kier molecular flexibility index (Phi) is 6.92. The first-order valence-electron chi connectivity index (χ1n) is 8.09. The monoisotopic (exact) mass is 392 g/mol. The quantitative estimate of drug-likeness (QED) is 0.755. The Hall–Kier alpha value is -0.820. The molecule has 2 rings (SSSR count). The van der Waals surface area contributed by atoms with Crippen LogP contribution >= 0.6 is 23.2 Å². The summed E-state index contributed by atoms with van der Waals surface area (Å²) in [6, 6.07) is 4.36. The van der Waals surface area contributed by atoms with Crippen molar-refractivity contribution in [3.63, 3.8) is 0 Å². The van der Waals surface area contributed by atoms with Crippen LogP contribution in [0.3, 0.4) is 0 Å². The summed E-state index contributed by atoms with van der Waals surface area (Å²) in [5, 5.41) is 3.32. The van der Waals surface area contributed by atoms with Crippen molar-refractivity contribution in [3.8, 4) is 0 Å². The molecule has 24 heavy (non-hydrogen) atoms. The Morgan fingerprint density at radius 1 is 1.38 bits per heavy atom. The lowest BCUT2D eigenvalue weighted by molar-refractivity contribution is -0.126. The minimum atomic E-state index is -3.77. The number of halogens is 2. The standard InChI is InChI=1S/C16H22Cl2N2O3S/c1-2-3-8-19-16(21)12-5-4-9-20(11-12)24(22,23)15-10-13(17)6-7-14(15)18/h6-7,10,12H,2-5,8-9,11H2,1H3,(H,19,21)/t12-/m1/s1. The van der Waals surface area contributed by atoms with Crippen molar-refractivity contribution in [3.05, 3.63) is 28.2 Å². The van der Waals surface area contributed by atoms with E-state index in [4.69, 9.17) is 23.2 Å². The zero-order valence-electron chi connectivity index (χ0n) is 13.6. The Morgan fingerprint density at radius 2 is 2.12 bits per heavy atom. The van der Waals surface area contributed by atoms with Crippen molar-refractivity contribution in [1.29, 1.82) is 0 Å². The van der Waals surface area contributed by atoms with E-state index in [0.29, 0.717) is 31.0 Å². The van der Waals surface area contributed by atoms with Crippen LogP contribution in [0.5, 0.6) is 0 Å². The fourth-order valence-corrected chi connectivity index (χ4v) is 4.98. The fraction of sp³-hybridized carbons (Fsp3) is 0.562. The zero-order valence-corrected chi connectivity index (χ0v) is 15.9. The van der Waals surface area contributed by atoms with Gasteiger partial charge in [-0.1, -0.05) is 36.5 Å². The molecule has 1 aliphatic rings. The Bertz CT molecular complexity index is 695. The third kappa shape index (κ3) is 4.63. The van der Waals surface area contributed by atoms with E-state index in [1.807, 2.05) is 0 Å². The van der Waals surface area contributed by atoms with Crippen LogP contribution < -0.4 is 5.32 Å². The molecule has 1 atom stereocenters. The van der Waals surface area contributed by atoms with E-state index in [9.17, 15) is 13.2 Å². The number of nitrogens with one attached hydrogen (secondary N) is 1. The number of piperidine rings is 1. The molecule has 5 nitrogen and oxygen atoms in total. The largest absolute Gasteiger partial charge is 0.356 e. The summed E-state index contributed by atoms with van der Waals surface area (Å²) in [6.07, 6.45) is 3.24. The van der Waals surface area contributed by atoms with E-state index < -0.39 is 10.0 Å². The van der Waals surface area contributed by atoms with Crippen LogP contribution in [0.2, 0.25) is 10.0 Å². The molecular weight excluding hydrogens is 371 g/mol. The highest BCUT2D eigenvalue weighted by Crippen LogP contribution is 2.30. The predicted octanol–water partition coefficient (Wildman–Crippen LogP) is 3.31. The van der Waals surface area contributed by atoms with Gasteiger partial charge in [-0.15, -0.1) is 0 Å². The van der Waals surface area contributed by atoms with E-state index in [-0.39, 0.29) is 28.3 Å². The molecule has 1 aromatic carbocycles. The SMILES string of the molecule is CCCCNC(=O)[C@@H]1CCCN(S(=O)(=O)c2cc(Cl)ccc2Cl)C1. The molecule has 1 N–H and O–H groups in total. The van der Waals surface area contributed by atoms with Gasteiger partial charge in [0, 0.05) is 24.7 Å². The van der Waals surface area contributed by atoms with Crippen molar-refractivity contribution in [1.82, 2.24) is 9.62 Å². The highest BCUT2D eigenvalue weighted by molar-refractivity contribution is 7.89. The van der Waals surface area contributed by atoms with Crippen LogP contribution in [-0.4, -0.2) is 38.3 Å². The number of hydrogen-bond donors (Lipinski definition) is 1. The summed E-state index contributed by atoms with van der Waals surface area (Å²) in [5.74, 6) is -0.413. The molecule has 1 aliphatic heterocycles. The van der Waals surface area contributed by atoms with Crippen molar-refractivity contribution >= 4 is 39.1 Å². The number of benzene rings is 1. The van der Waals surface area contributed by atoms with E-state index in [2.05, 4.69) is 12.2 Å². The number of hydrogen-bond acceptors (Lipinski definition) is 3. The zero-order chi connectivity index (χ0) is 17.7. The van der Waals surface area contributed by atoms with Gasteiger partial charge >= 0.3 is 0 Å². The second kappa shape index (κ2) is 8.52. The Labute approximate surface area is 153 Å². The normalized spacial score (nSPS) is 19.2. The molecule has 0 unspecified atom stereocenters. The summed E-state index contributed by atoms with van der Waals surface area (Å²) < 4.78 is 27.0. The number of sulfonamides is 1. The van der Waals surface area contributed by atoms with Crippen molar-refractivity contribution in [2.24, 2.45) is 5.92 Å². The number of unbranched alkanes of at least 4 members (excludes halogenated alkanes) is 1. The van der Waals surface area contributed by atoms with E-state index in [0.717, 1.165) is 12.8 Å². The molecule has 1 fully saturated rings. The van der Waals surface area contributed by atoms with Crippen molar-refractivity contribution in [2.75, 3.05) is 19.6 Å². The van der Waals surface area contributed by atoms with Gasteiger partial charge in [-0.3, -0.25) is 4.79 Å². The Morgan fingerprint density at radius 3 is 2.83 bits per heavy atom. The third-order valence-corrected chi connectivity index (χ3v) is 6.68. The van der Waals surface area contributed by atoms with E-state index in [1.54, 1.807) is 6.07 Å². The Balaban J connectivity index is 2.13. The predicted molar refractivity (Wildman–Crippen MR) is 95.9 cm³/mol. The summed E-state index contributed by atoms with van der Waals surface area (Å²) in [4.78, 5) is 12.2. The molecule has 0 saturated carbocycles. The van der Waals surface area contributed by atoms with E-state index >= 15 is 0 Å². The smallest absolute Gasteiger partial charge is 0.244 e. The first-order chi connectivity index (χ1) is 11.4. The summed E-state index contributed by atoms with van der Waals surface area (Å²) in [6.45, 7) is 3.22. The highest BCUT2D eigenvalue weighted by atomic mass is 35.5. The van der Waals surface area contributed by atoms with Gasteiger partial charge in [0.1, 0.15) is 4.90 Å².